The molecule has 0 heterocycles. The summed E-state index contributed by atoms with van der Waals surface area (Å²) in [5, 5.41) is 7.67. The third-order valence-corrected chi connectivity index (χ3v) is 3.80. The fraction of sp³-hybridized carbons (Fsp3) is 0.462. The molecule has 0 saturated heterocycles. The van der Waals surface area contributed by atoms with Gasteiger partial charge in [-0.1, -0.05) is 32.4 Å². The zero-order valence-electron chi connectivity index (χ0n) is 10.9. The summed E-state index contributed by atoms with van der Waals surface area (Å²) in [7, 11) is 0. The zero-order chi connectivity index (χ0) is 13.6. The van der Waals surface area contributed by atoms with Crippen molar-refractivity contribution in [1.29, 1.82) is 0 Å². The molecule has 0 unspecified atom stereocenters. The van der Waals surface area contributed by atoms with Crippen LogP contribution >= 0.6 is 35.6 Å². The molecule has 0 aliphatic rings. The van der Waals surface area contributed by atoms with Crippen LogP contribution in [-0.4, -0.2) is 22.2 Å². The van der Waals surface area contributed by atoms with Crippen molar-refractivity contribution >= 4 is 46.4 Å². The second kappa shape index (κ2) is 7.22. The van der Waals surface area contributed by atoms with Crippen LogP contribution in [-0.2, 0) is 0 Å². The second-order valence-electron chi connectivity index (χ2n) is 4.85. The number of benzene rings is 1. The van der Waals surface area contributed by atoms with E-state index in [0.29, 0.717) is 9.86 Å². The van der Waals surface area contributed by atoms with Crippen molar-refractivity contribution in [3.63, 3.8) is 0 Å². The molecule has 1 rings (SSSR count). The van der Waals surface area contributed by atoms with Crippen molar-refractivity contribution in [3.8, 4) is 0 Å². The van der Waals surface area contributed by atoms with Gasteiger partial charge in [-0.2, -0.15) is 11.8 Å². The van der Waals surface area contributed by atoms with E-state index in [1.165, 1.54) is 0 Å². The average Bonchev–Trinajstić information content (AvgIpc) is 2.26. The van der Waals surface area contributed by atoms with E-state index in [1.807, 2.05) is 36.0 Å². The fourth-order valence-corrected chi connectivity index (χ4v) is 2.39. The van der Waals surface area contributed by atoms with Gasteiger partial charge in [-0.25, -0.2) is 0 Å². The van der Waals surface area contributed by atoms with Crippen LogP contribution in [0, 0.1) is 0 Å². The molecule has 5 heteroatoms. The summed E-state index contributed by atoms with van der Waals surface area (Å²) in [5.74, 6) is 1.03. The quantitative estimate of drug-likeness (QED) is 0.644. The van der Waals surface area contributed by atoms with E-state index < -0.39 is 0 Å². The van der Waals surface area contributed by atoms with Crippen molar-refractivity contribution < 1.29 is 0 Å². The van der Waals surface area contributed by atoms with E-state index in [1.54, 1.807) is 0 Å². The molecule has 18 heavy (non-hydrogen) atoms. The first-order valence-electron chi connectivity index (χ1n) is 5.81. The first-order valence-corrected chi connectivity index (χ1v) is 7.58. The van der Waals surface area contributed by atoms with Gasteiger partial charge < -0.3 is 10.6 Å². The number of hydrogen-bond acceptors (Lipinski definition) is 2. The predicted molar refractivity (Wildman–Crippen MR) is 87.9 cm³/mol. The van der Waals surface area contributed by atoms with E-state index in [0.717, 1.165) is 23.0 Å². The second-order valence-corrected chi connectivity index (χ2v) is 7.61. The normalized spacial score (nSPS) is 11.1. The Labute approximate surface area is 124 Å². The van der Waals surface area contributed by atoms with Crippen LogP contribution in [0.25, 0.3) is 0 Å². The van der Waals surface area contributed by atoms with Crippen LogP contribution in [0.3, 0.4) is 0 Å². The lowest BCUT2D eigenvalue weighted by Crippen LogP contribution is -2.30. The van der Waals surface area contributed by atoms with E-state index >= 15 is 0 Å². The molecule has 0 aliphatic heterocycles. The Balaban J connectivity index is 2.24. The summed E-state index contributed by atoms with van der Waals surface area (Å²) in [6.07, 6.45) is 0. The maximum absolute atomic E-state index is 5.81. The Morgan fingerprint density at radius 2 is 1.89 bits per heavy atom. The number of anilines is 1. The third kappa shape index (κ3) is 7.09. The lowest BCUT2D eigenvalue weighted by atomic mass is 10.3. The standard InChI is InChI=1S/C13H19ClN2S2/c1-13(2,3)18-9-8-15-12(17)16-11-6-4-10(14)5-7-11/h4-7H,8-9H2,1-3H3,(H2,15,16,17). The van der Waals surface area contributed by atoms with E-state index in [-0.39, 0.29) is 0 Å². The minimum Gasteiger partial charge on any atom is -0.362 e. The van der Waals surface area contributed by atoms with Gasteiger partial charge in [0.25, 0.3) is 0 Å². The molecule has 0 saturated carbocycles. The number of hydrogen-bond donors (Lipinski definition) is 2. The number of thioether (sulfide) groups is 1. The Morgan fingerprint density at radius 3 is 2.44 bits per heavy atom. The summed E-state index contributed by atoms with van der Waals surface area (Å²) in [6, 6.07) is 7.48. The molecular formula is C13H19ClN2S2. The number of thiocarbonyl (C=S) groups is 1. The van der Waals surface area contributed by atoms with Gasteiger partial charge in [-0.05, 0) is 36.5 Å². The van der Waals surface area contributed by atoms with Gasteiger partial charge in [0.05, 0.1) is 0 Å². The summed E-state index contributed by atoms with van der Waals surface area (Å²) < 4.78 is 0.299. The lowest BCUT2D eigenvalue weighted by molar-refractivity contribution is 0.800. The van der Waals surface area contributed by atoms with Gasteiger partial charge in [0.1, 0.15) is 0 Å². The van der Waals surface area contributed by atoms with Crippen LogP contribution in [0.2, 0.25) is 5.02 Å². The van der Waals surface area contributed by atoms with Crippen LogP contribution in [0.5, 0.6) is 0 Å². The van der Waals surface area contributed by atoms with Crippen LogP contribution in [0.15, 0.2) is 24.3 Å². The maximum Gasteiger partial charge on any atom is 0.170 e. The minimum atomic E-state index is 0.299. The summed E-state index contributed by atoms with van der Waals surface area (Å²) in [6.45, 7) is 7.49. The van der Waals surface area contributed by atoms with Crippen molar-refractivity contribution in [2.24, 2.45) is 0 Å². The largest absolute Gasteiger partial charge is 0.362 e. The fourth-order valence-electron chi connectivity index (χ4n) is 1.23. The first kappa shape index (κ1) is 15.6. The van der Waals surface area contributed by atoms with Crippen LogP contribution in [0.4, 0.5) is 5.69 Å². The van der Waals surface area contributed by atoms with E-state index in [9.17, 15) is 0 Å². The van der Waals surface area contributed by atoms with Gasteiger partial charge in [0.2, 0.25) is 0 Å². The molecule has 1 aromatic rings. The van der Waals surface area contributed by atoms with Gasteiger partial charge in [-0.3, -0.25) is 0 Å². The molecule has 0 atom stereocenters. The van der Waals surface area contributed by atoms with Crippen molar-refractivity contribution in [2.75, 3.05) is 17.6 Å². The maximum atomic E-state index is 5.81. The van der Waals surface area contributed by atoms with Crippen molar-refractivity contribution in [1.82, 2.24) is 5.32 Å². The third-order valence-electron chi connectivity index (χ3n) is 2.02. The number of halogens is 1. The summed E-state index contributed by atoms with van der Waals surface area (Å²) >= 11 is 12.9. The lowest BCUT2D eigenvalue weighted by Gasteiger charge is -2.18. The Hall–Kier alpha value is -0.450. The molecule has 100 valence electrons. The minimum absolute atomic E-state index is 0.299. The molecule has 0 spiro atoms. The summed E-state index contributed by atoms with van der Waals surface area (Å²) in [5.41, 5.74) is 0.945. The Kier molecular flexibility index (Phi) is 6.26. The smallest absolute Gasteiger partial charge is 0.170 e. The van der Waals surface area contributed by atoms with Crippen molar-refractivity contribution in [3.05, 3.63) is 29.3 Å². The SMILES string of the molecule is CC(C)(C)SCCNC(=S)Nc1ccc(Cl)cc1. The molecule has 0 aliphatic carbocycles. The highest BCUT2D eigenvalue weighted by atomic mass is 35.5. The average molecular weight is 303 g/mol. The molecule has 2 nitrogen and oxygen atoms in total. The van der Waals surface area contributed by atoms with Gasteiger partial charge in [-0.15, -0.1) is 0 Å². The Morgan fingerprint density at radius 1 is 1.28 bits per heavy atom. The highest BCUT2D eigenvalue weighted by Gasteiger charge is 2.09. The Bertz CT molecular complexity index is 385. The van der Waals surface area contributed by atoms with E-state index in [2.05, 4.69) is 31.4 Å². The van der Waals surface area contributed by atoms with Crippen LogP contribution < -0.4 is 10.6 Å². The first-order chi connectivity index (χ1) is 8.37. The monoisotopic (exact) mass is 302 g/mol. The summed E-state index contributed by atoms with van der Waals surface area (Å²) in [4.78, 5) is 0. The van der Waals surface area contributed by atoms with E-state index in [4.69, 9.17) is 23.8 Å². The molecule has 0 bridgehead atoms. The molecule has 0 aromatic heterocycles. The molecule has 2 N–H and O–H groups in total. The van der Waals surface area contributed by atoms with Gasteiger partial charge in [0.15, 0.2) is 5.11 Å². The highest BCUT2D eigenvalue weighted by molar-refractivity contribution is 8.00. The number of nitrogens with one attached hydrogen (secondary N) is 2. The van der Waals surface area contributed by atoms with Gasteiger partial charge in [0, 0.05) is 27.8 Å². The molecule has 0 fully saturated rings. The zero-order valence-corrected chi connectivity index (χ0v) is 13.3. The topological polar surface area (TPSA) is 24.1 Å². The predicted octanol–water partition coefficient (Wildman–Crippen LogP) is 4.16. The molecular weight excluding hydrogens is 284 g/mol. The molecule has 0 radical (unpaired) electrons. The van der Waals surface area contributed by atoms with Crippen LogP contribution in [0.1, 0.15) is 20.8 Å². The van der Waals surface area contributed by atoms with Crippen molar-refractivity contribution in [2.45, 2.75) is 25.5 Å². The van der Waals surface area contributed by atoms with Gasteiger partial charge >= 0.3 is 0 Å². The molecule has 1 aromatic carbocycles. The highest BCUT2D eigenvalue weighted by Crippen LogP contribution is 2.22. The number of rotatable bonds is 4. The molecule has 0 amide bonds.